The van der Waals surface area contributed by atoms with E-state index in [1.165, 1.54) is 13.5 Å². The molecule has 0 amide bonds. The van der Waals surface area contributed by atoms with Crippen molar-refractivity contribution >= 4 is 5.97 Å². The Labute approximate surface area is 163 Å². The summed E-state index contributed by atoms with van der Waals surface area (Å²) >= 11 is 0. The Morgan fingerprint density at radius 2 is 2.15 bits per heavy atom. The van der Waals surface area contributed by atoms with Gasteiger partial charge in [-0.1, -0.05) is 13.3 Å². The molecule has 6 nitrogen and oxygen atoms in total. The Bertz CT molecular complexity index is 491. The Kier molecular flexibility index (Phi) is 7.17. The molecule has 0 aromatic heterocycles. The predicted octanol–water partition coefficient (Wildman–Crippen LogP) is 3.61. The number of methoxy groups -OCH3 is 1. The lowest BCUT2D eigenvalue weighted by molar-refractivity contribution is -0.243. The van der Waals surface area contributed by atoms with Crippen molar-refractivity contribution < 1.29 is 28.5 Å². The zero-order valence-electron chi connectivity index (χ0n) is 17.2. The van der Waals surface area contributed by atoms with Crippen LogP contribution in [-0.2, 0) is 28.5 Å². The minimum absolute atomic E-state index is 0.00443. The van der Waals surface area contributed by atoms with Gasteiger partial charge in [-0.25, -0.2) is 0 Å². The fourth-order valence-corrected chi connectivity index (χ4v) is 4.49. The van der Waals surface area contributed by atoms with Gasteiger partial charge in [0.15, 0.2) is 6.29 Å². The highest BCUT2D eigenvalue weighted by Gasteiger charge is 2.54. The number of fused-ring (bicyclic) bond motifs is 2. The Balaban J connectivity index is 1.37. The van der Waals surface area contributed by atoms with E-state index < -0.39 is 5.60 Å². The average Bonchev–Trinajstić information content (AvgIpc) is 3.05. The highest BCUT2D eigenvalue weighted by molar-refractivity contribution is 5.70. The van der Waals surface area contributed by atoms with Crippen molar-refractivity contribution in [2.24, 2.45) is 5.92 Å². The molecule has 6 heteroatoms. The van der Waals surface area contributed by atoms with Gasteiger partial charge in [-0.15, -0.1) is 0 Å². The van der Waals surface area contributed by atoms with Gasteiger partial charge in [0.25, 0.3) is 0 Å². The van der Waals surface area contributed by atoms with Crippen LogP contribution in [0.1, 0.15) is 71.6 Å². The predicted molar refractivity (Wildman–Crippen MR) is 100 cm³/mol. The van der Waals surface area contributed by atoms with Crippen molar-refractivity contribution in [2.75, 3.05) is 26.9 Å². The molecule has 0 aliphatic carbocycles. The monoisotopic (exact) mass is 384 g/mol. The van der Waals surface area contributed by atoms with Crippen LogP contribution in [0.3, 0.4) is 0 Å². The van der Waals surface area contributed by atoms with Gasteiger partial charge in [0.1, 0.15) is 5.60 Å². The SMILES string of the molecule is COC(=O)CC12CCC(O1)C(C)(CCCC(C)COC1CCCCO1)OC2. The summed E-state index contributed by atoms with van der Waals surface area (Å²) < 4.78 is 28.9. The lowest BCUT2D eigenvalue weighted by Gasteiger charge is -2.44. The van der Waals surface area contributed by atoms with Crippen LogP contribution in [0, 0.1) is 5.92 Å². The maximum absolute atomic E-state index is 11.7. The summed E-state index contributed by atoms with van der Waals surface area (Å²) in [6.07, 6.45) is 8.69. The van der Waals surface area contributed by atoms with Gasteiger partial charge in [-0.3, -0.25) is 4.79 Å². The normalized spacial score (nSPS) is 37.1. The molecule has 5 unspecified atom stereocenters. The first-order valence-corrected chi connectivity index (χ1v) is 10.6. The molecule has 156 valence electrons. The first-order valence-electron chi connectivity index (χ1n) is 10.6. The van der Waals surface area contributed by atoms with Crippen molar-refractivity contribution in [1.82, 2.24) is 0 Å². The first-order chi connectivity index (χ1) is 12.9. The molecular weight excluding hydrogens is 348 g/mol. The molecule has 3 rings (SSSR count). The molecule has 3 aliphatic rings. The molecule has 0 spiro atoms. The number of ether oxygens (including phenoxy) is 5. The molecule has 3 saturated heterocycles. The molecule has 2 bridgehead atoms. The Hall–Kier alpha value is -0.690. The number of hydrogen-bond acceptors (Lipinski definition) is 6. The smallest absolute Gasteiger partial charge is 0.308 e. The van der Waals surface area contributed by atoms with Crippen molar-refractivity contribution in [1.29, 1.82) is 0 Å². The first kappa shape index (κ1) is 21.0. The molecule has 0 radical (unpaired) electrons. The number of rotatable bonds is 9. The van der Waals surface area contributed by atoms with E-state index in [0.717, 1.165) is 58.2 Å². The van der Waals surface area contributed by atoms with E-state index in [2.05, 4.69) is 13.8 Å². The van der Waals surface area contributed by atoms with E-state index in [9.17, 15) is 4.79 Å². The molecule has 0 aromatic carbocycles. The van der Waals surface area contributed by atoms with Crippen molar-refractivity contribution in [3.63, 3.8) is 0 Å². The third-order valence-corrected chi connectivity index (χ3v) is 6.37. The number of hydrogen-bond donors (Lipinski definition) is 0. The van der Waals surface area contributed by atoms with E-state index >= 15 is 0 Å². The average molecular weight is 385 g/mol. The summed E-state index contributed by atoms with van der Waals surface area (Å²) in [5.41, 5.74) is -0.735. The van der Waals surface area contributed by atoms with Gasteiger partial charge in [0, 0.05) is 6.61 Å². The molecule has 3 aliphatic heterocycles. The standard InChI is InChI=1S/C21H36O6/c1-16(14-25-19-8-4-5-12-24-19)7-6-10-20(2)17-9-11-21(27-17,15-26-20)13-18(22)23-3/h16-17,19H,4-15H2,1-3H3. The summed E-state index contributed by atoms with van der Waals surface area (Å²) in [4.78, 5) is 11.7. The molecule has 3 fully saturated rings. The highest BCUT2D eigenvalue weighted by atomic mass is 16.7. The van der Waals surface area contributed by atoms with Crippen molar-refractivity contribution in [2.45, 2.75) is 95.2 Å². The number of carbonyl (C=O) groups excluding carboxylic acids is 1. The quantitative estimate of drug-likeness (QED) is 0.566. The third kappa shape index (κ3) is 5.43. The fraction of sp³-hybridized carbons (Fsp3) is 0.952. The van der Waals surface area contributed by atoms with E-state index in [0.29, 0.717) is 12.5 Å². The molecule has 0 N–H and O–H groups in total. The second-order valence-corrected chi connectivity index (χ2v) is 8.81. The number of carbonyl (C=O) groups is 1. The fourth-order valence-electron chi connectivity index (χ4n) is 4.49. The van der Waals surface area contributed by atoms with E-state index in [1.807, 2.05) is 0 Å². The second-order valence-electron chi connectivity index (χ2n) is 8.81. The summed E-state index contributed by atoms with van der Waals surface area (Å²) in [7, 11) is 1.42. The second kappa shape index (κ2) is 9.21. The van der Waals surface area contributed by atoms with Crippen LogP contribution in [0.5, 0.6) is 0 Å². The van der Waals surface area contributed by atoms with Crippen LogP contribution in [0.4, 0.5) is 0 Å². The molecule has 27 heavy (non-hydrogen) atoms. The largest absolute Gasteiger partial charge is 0.469 e. The van der Waals surface area contributed by atoms with Gasteiger partial charge in [-0.2, -0.15) is 0 Å². The van der Waals surface area contributed by atoms with Gasteiger partial charge in [0.05, 0.1) is 38.4 Å². The lowest BCUT2D eigenvalue weighted by Crippen LogP contribution is -2.53. The Morgan fingerprint density at radius 1 is 1.30 bits per heavy atom. The van der Waals surface area contributed by atoms with Gasteiger partial charge in [-0.05, 0) is 57.8 Å². The summed E-state index contributed by atoms with van der Waals surface area (Å²) in [6.45, 7) is 6.45. The van der Waals surface area contributed by atoms with Crippen LogP contribution in [0.15, 0.2) is 0 Å². The molecular formula is C21H36O6. The maximum atomic E-state index is 11.7. The summed E-state index contributed by atoms with van der Waals surface area (Å²) in [5, 5.41) is 0. The van der Waals surface area contributed by atoms with Crippen LogP contribution in [0.25, 0.3) is 0 Å². The van der Waals surface area contributed by atoms with Crippen molar-refractivity contribution in [3.8, 4) is 0 Å². The zero-order valence-corrected chi connectivity index (χ0v) is 17.2. The van der Waals surface area contributed by atoms with Crippen LogP contribution >= 0.6 is 0 Å². The maximum Gasteiger partial charge on any atom is 0.308 e. The molecule has 0 aromatic rings. The topological polar surface area (TPSA) is 63.2 Å². The molecule has 5 atom stereocenters. The van der Waals surface area contributed by atoms with Crippen molar-refractivity contribution in [3.05, 3.63) is 0 Å². The minimum atomic E-state index is -0.474. The summed E-state index contributed by atoms with van der Waals surface area (Å²) in [5.74, 6) is 0.282. The molecule has 0 saturated carbocycles. The van der Waals surface area contributed by atoms with E-state index in [4.69, 9.17) is 23.7 Å². The number of esters is 1. The minimum Gasteiger partial charge on any atom is -0.469 e. The van der Waals surface area contributed by atoms with E-state index in [-0.39, 0.29) is 30.4 Å². The van der Waals surface area contributed by atoms with Gasteiger partial charge >= 0.3 is 5.97 Å². The van der Waals surface area contributed by atoms with E-state index in [1.54, 1.807) is 0 Å². The Morgan fingerprint density at radius 3 is 2.89 bits per heavy atom. The summed E-state index contributed by atoms with van der Waals surface area (Å²) in [6, 6.07) is 0. The molecule has 3 heterocycles. The third-order valence-electron chi connectivity index (χ3n) is 6.37. The van der Waals surface area contributed by atoms with Crippen LogP contribution < -0.4 is 0 Å². The lowest BCUT2D eigenvalue weighted by atomic mass is 9.89. The van der Waals surface area contributed by atoms with Gasteiger partial charge < -0.3 is 23.7 Å². The van der Waals surface area contributed by atoms with Crippen LogP contribution in [0.2, 0.25) is 0 Å². The highest BCUT2D eigenvalue weighted by Crippen LogP contribution is 2.46. The van der Waals surface area contributed by atoms with Crippen LogP contribution in [-0.4, -0.2) is 56.5 Å². The van der Waals surface area contributed by atoms with Gasteiger partial charge in [0.2, 0.25) is 0 Å². The zero-order chi connectivity index (χ0) is 19.3.